The lowest BCUT2D eigenvalue weighted by Gasteiger charge is -2.72. The smallest absolute Gasteiger partial charge is 0.229 e. The van der Waals surface area contributed by atoms with Crippen molar-refractivity contribution in [3.8, 4) is 0 Å². The number of amides is 1. The number of ketones is 1. The van der Waals surface area contributed by atoms with E-state index in [2.05, 4.69) is 57.9 Å². The average Bonchev–Trinajstić information content (AvgIpc) is 3.42. The minimum absolute atomic E-state index is 0.189. The zero-order chi connectivity index (χ0) is 33.0. The molecule has 46 heavy (non-hydrogen) atoms. The molecular formula is C40H56Cl2N2O2. The Hall–Kier alpha value is -1.52. The van der Waals surface area contributed by atoms with E-state index >= 15 is 0 Å². The first-order chi connectivity index (χ1) is 21.6. The van der Waals surface area contributed by atoms with Crippen molar-refractivity contribution < 1.29 is 9.59 Å². The number of nitrogens with zero attached hydrogens (tertiary/aromatic N) is 2. The highest BCUT2D eigenvalue weighted by atomic mass is 35.5. The summed E-state index contributed by atoms with van der Waals surface area (Å²) in [5.74, 6) is 3.34. The fourth-order valence-corrected chi connectivity index (χ4v) is 13.8. The lowest BCUT2D eigenvalue weighted by molar-refractivity contribution is -0.234. The Morgan fingerprint density at radius 3 is 2.22 bits per heavy atom. The van der Waals surface area contributed by atoms with Crippen LogP contribution >= 0.6 is 23.2 Å². The number of fused-ring (bicyclic) bond motifs is 7. The van der Waals surface area contributed by atoms with Gasteiger partial charge in [-0.15, -0.1) is 0 Å². The molecular weight excluding hydrogens is 611 g/mol. The highest BCUT2D eigenvalue weighted by Gasteiger charge is 2.72. The second-order valence-corrected chi connectivity index (χ2v) is 18.7. The Bertz CT molecular complexity index is 1450. The van der Waals surface area contributed by atoms with Gasteiger partial charge in [0.1, 0.15) is 5.78 Å². The van der Waals surface area contributed by atoms with Crippen LogP contribution in [0.1, 0.15) is 106 Å². The van der Waals surface area contributed by atoms with Crippen LogP contribution in [0.25, 0.3) is 0 Å². The van der Waals surface area contributed by atoms with Crippen LogP contribution < -0.4 is 4.90 Å². The first-order valence-corrected chi connectivity index (χ1v) is 19.0. The third-order valence-electron chi connectivity index (χ3n) is 16.1. The molecule has 0 radical (unpaired) electrons. The van der Waals surface area contributed by atoms with Crippen molar-refractivity contribution in [3.63, 3.8) is 0 Å². The van der Waals surface area contributed by atoms with E-state index in [0.29, 0.717) is 51.3 Å². The maximum Gasteiger partial charge on any atom is 0.229 e. The van der Waals surface area contributed by atoms with Crippen molar-refractivity contribution in [3.05, 3.63) is 40.4 Å². The molecule has 1 heterocycles. The molecule has 6 fully saturated rings. The molecule has 0 spiro atoms. The van der Waals surface area contributed by atoms with E-state index in [1.807, 2.05) is 18.2 Å². The number of anilines is 1. The number of benzene rings is 1. The van der Waals surface area contributed by atoms with Gasteiger partial charge >= 0.3 is 0 Å². The van der Waals surface area contributed by atoms with E-state index in [-0.39, 0.29) is 27.1 Å². The fraction of sp³-hybridized carbons (Fsp3) is 0.750. The molecule has 0 N–H and O–H groups in total. The van der Waals surface area contributed by atoms with Crippen LogP contribution in [0.15, 0.2) is 30.4 Å². The van der Waals surface area contributed by atoms with Crippen molar-refractivity contribution in [1.29, 1.82) is 0 Å². The molecule has 252 valence electrons. The zero-order valence-corrected chi connectivity index (χ0v) is 30.7. The summed E-state index contributed by atoms with van der Waals surface area (Å²) in [7, 11) is 0. The van der Waals surface area contributed by atoms with Crippen molar-refractivity contribution in [1.82, 2.24) is 4.90 Å². The summed E-state index contributed by atoms with van der Waals surface area (Å²) in [6.45, 7) is 22.3. The number of carbonyl (C=O) groups excluding carboxylic acids is 2. The number of halogens is 2. The van der Waals surface area contributed by atoms with Crippen molar-refractivity contribution in [2.24, 2.45) is 56.7 Å². The van der Waals surface area contributed by atoms with Gasteiger partial charge in [0.25, 0.3) is 0 Å². The van der Waals surface area contributed by atoms with Crippen LogP contribution in [0.5, 0.6) is 0 Å². The van der Waals surface area contributed by atoms with Crippen molar-refractivity contribution >= 4 is 40.6 Å². The van der Waals surface area contributed by atoms with Crippen LogP contribution in [0, 0.1) is 56.7 Å². The Labute approximate surface area is 288 Å². The van der Waals surface area contributed by atoms with Gasteiger partial charge in [0, 0.05) is 43.7 Å². The van der Waals surface area contributed by atoms with Gasteiger partial charge in [0.15, 0.2) is 0 Å². The van der Waals surface area contributed by atoms with Crippen LogP contribution in [0.2, 0.25) is 10.0 Å². The van der Waals surface area contributed by atoms with Crippen LogP contribution in [-0.4, -0.2) is 42.8 Å². The maximum absolute atomic E-state index is 15.0. The molecule has 5 saturated carbocycles. The topological polar surface area (TPSA) is 40.6 Å². The third-order valence-corrected chi connectivity index (χ3v) is 16.8. The lowest BCUT2D eigenvalue weighted by atomic mass is 9.32. The van der Waals surface area contributed by atoms with Gasteiger partial charge < -0.3 is 9.80 Å². The molecule has 0 unspecified atom stereocenters. The SMILES string of the molecule is C=C(C)[C@@H]1CC[C@]2(C(=O)N3CCN(c4ccc(Cl)c(Cl)c4)CC3)CC[C@]3(C)[C@H](CC[C@@H]4[C@@]5(C)CCC(=O)C(C)(C)[C@@H]5CC[C@]43C)[C@@H]12. The summed E-state index contributed by atoms with van der Waals surface area (Å²) in [6, 6.07) is 5.85. The van der Waals surface area contributed by atoms with Crippen molar-refractivity contribution in [2.75, 3.05) is 31.1 Å². The zero-order valence-electron chi connectivity index (χ0n) is 29.2. The van der Waals surface area contributed by atoms with Crippen LogP contribution in [-0.2, 0) is 9.59 Å². The van der Waals surface area contributed by atoms with Gasteiger partial charge in [-0.05, 0) is 129 Å². The Morgan fingerprint density at radius 1 is 0.826 bits per heavy atom. The van der Waals surface area contributed by atoms with E-state index in [0.717, 1.165) is 76.8 Å². The Morgan fingerprint density at radius 2 is 1.54 bits per heavy atom. The number of hydrogen-bond acceptors (Lipinski definition) is 3. The summed E-state index contributed by atoms with van der Waals surface area (Å²) in [4.78, 5) is 32.7. The first-order valence-electron chi connectivity index (χ1n) is 18.3. The van der Waals surface area contributed by atoms with E-state index in [1.165, 1.54) is 24.8 Å². The number of hydrogen-bond donors (Lipinski definition) is 0. The quantitative estimate of drug-likeness (QED) is 0.302. The van der Waals surface area contributed by atoms with E-state index in [9.17, 15) is 9.59 Å². The molecule has 6 heteroatoms. The number of carbonyl (C=O) groups is 2. The summed E-state index contributed by atoms with van der Waals surface area (Å²) in [5.41, 5.74) is 2.48. The molecule has 5 aliphatic carbocycles. The van der Waals surface area contributed by atoms with E-state index < -0.39 is 0 Å². The normalized spacial score (nSPS) is 43.3. The first kappa shape index (κ1) is 33.0. The standard InChI is InChI=1S/C40H56Cl2N2O2/c1-25(2)27-12-17-40(35(46)44-22-20-43(21-23-44)26-8-10-29(41)30(42)24-26)19-18-38(6)28(34(27)40)9-11-32-37(5)15-14-33(45)36(3,4)31(37)13-16-39(32,38)7/h8,10,24,27-28,31-32,34H,1,9,11-23H2,2-7H3/t27-,28+,31-,32+,34+,37-,38+,39+,40-/m0/s1. The number of rotatable bonds is 3. The molecule has 0 bridgehead atoms. The summed E-state index contributed by atoms with van der Waals surface area (Å²) < 4.78 is 0. The summed E-state index contributed by atoms with van der Waals surface area (Å²) in [5, 5.41) is 1.15. The third kappa shape index (κ3) is 4.43. The van der Waals surface area contributed by atoms with E-state index in [1.54, 1.807) is 0 Å². The predicted octanol–water partition coefficient (Wildman–Crippen LogP) is 9.87. The monoisotopic (exact) mass is 666 g/mol. The van der Waals surface area contributed by atoms with E-state index in [4.69, 9.17) is 23.2 Å². The minimum Gasteiger partial charge on any atom is -0.368 e. The molecule has 1 aromatic carbocycles. The molecule has 4 nitrogen and oxygen atoms in total. The Balaban J connectivity index is 1.17. The van der Waals surface area contributed by atoms with Gasteiger partial charge in [-0.2, -0.15) is 0 Å². The van der Waals surface area contributed by atoms with Gasteiger partial charge in [-0.1, -0.05) is 70.0 Å². The molecule has 1 aromatic rings. The van der Waals surface area contributed by atoms with Gasteiger partial charge in [-0.3, -0.25) is 9.59 Å². The molecule has 0 aromatic heterocycles. The molecule has 9 atom stereocenters. The second kappa shape index (κ2) is 11.0. The molecule has 1 saturated heterocycles. The number of Topliss-reactive ketones (excluding diaryl/α,β-unsaturated/α-hetero) is 1. The fourth-order valence-electron chi connectivity index (χ4n) is 13.5. The lowest BCUT2D eigenvalue weighted by Crippen LogP contribution is -2.67. The largest absolute Gasteiger partial charge is 0.368 e. The highest BCUT2D eigenvalue weighted by molar-refractivity contribution is 6.42. The Kier molecular flexibility index (Phi) is 7.89. The molecule has 1 aliphatic heterocycles. The average molecular weight is 668 g/mol. The molecule has 6 aliphatic rings. The van der Waals surface area contributed by atoms with Gasteiger partial charge in [0.05, 0.1) is 15.5 Å². The van der Waals surface area contributed by atoms with Gasteiger partial charge in [-0.25, -0.2) is 0 Å². The molecule has 7 rings (SSSR count). The molecule has 1 amide bonds. The summed E-state index contributed by atoms with van der Waals surface area (Å²) in [6.07, 6.45) is 10.9. The van der Waals surface area contributed by atoms with Crippen LogP contribution in [0.4, 0.5) is 5.69 Å². The summed E-state index contributed by atoms with van der Waals surface area (Å²) >= 11 is 12.5. The van der Waals surface area contributed by atoms with Crippen LogP contribution in [0.3, 0.4) is 0 Å². The van der Waals surface area contributed by atoms with Crippen molar-refractivity contribution in [2.45, 2.75) is 106 Å². The van der Waals surface area contributed by atoms with Gasteiger partial charge in [0.2, 0.25) is 5.91 Å². The maximum atomic E-state index is 15.0. The second-order valence-electron chi connectivity index (χ2n) is 17.9. The minimum atomic E-state index is -0.275. The predicted molar refractivity (Wildman–Crippen MR) is 189 cm³/mol. The number of allylic oxidation sites excluding steroid dienone is 1. The number of piperazine rings is 1. The highest BCUT2D eigenvalue weighted by Crippen LogP contribution is 2.77.